The van der Waals surface area contributed by atoms with Crippen LogP contribution in [0.15, 0.2) is 33.9 Å². The van der Waals surface area contributed by atoms with Crippen LogP contribution in [0.25, 0.3) is 5.69 Å². The van der Waals surface area contributed by atoms with Gasteiger partial charge in [0.05, 0.1) is 26.2 Å². The Morgan fingerprint density at radius 3 is 2.39 bits per heavy atom. The van der Waals surface area contributed by atoms with Crippen LogP contribution in [0.3, 0.4) is 0 Å². The van der Waals surface area contributed by atoms with Gasteiger partial charge in [0.1, 0.15) is 5.75 Å². The van der Waals surface area contributed by atoms with Gasteiger partial charge in [0.25, 0.3) is 5.56 Å². The van der Waals surface area contributed by atoms with Crippen LogP contribution >= 0.6 is 34.8 Å². The van der Waals surface area contributed by atoms with E-state index in [1.807, 2.05) is 4.98 Å². The summed E-state index contributed by atoms with van der Waals surface area (Å²) in [5.41, 5.74) is -2.37. The number of carboxylic acid groups (broad SMARTS) is 1. The Balaban J connectivity index is 1.55. The molecule has 10 nitrogen and oxygen atoms in total. The van der Waals surface area contributed by atoms with E-state index in [2.05, 4.69) is 10.4 Å². The van der Waals surface area contributed by atoms with Crippen molar-refractivity contribution in [3.8, 4) is 17.2 Å². The zero-order valence-corrected chi connectivity index (χ0v) is 18.5. The van der Waals surface area contributed by atoms with Crippen molar-refractivity contribution < 1.29 is 19.4 Å². The summed E-state index contributed by atoms with van der Waals surface area (Å²) in [6.45, 7) is 0. The lowest BCUT2D eigenvalue weighted by Gasteiger charge is -2.15. The Labute approximate surface area is 198 Å². The highest BCUT2D eigenvalue weighted by Gasteiger charge is 2.57. The number of aromatic amines is 1. The number of anilines is 1. The summed E-state index contributed by atoms with van der Waals surface area (Å²) in [4.78, 5) is 49.1. The Kier molecular flexibility index (Phi) is 4.78. The Bertz CT molecular complexity index is 1490. The van der Waals surface area contributed by atoms with Gasteiger partial charge in [0.2, 0.25) is 11.6 Å². The summed E-state index contributed by atoms with van der Waals surface area (Å²) in [6.07, 6.45) is 1.37. The fraction of sp³-hybridized carbons (Fsp3) is 0.150. The molecule has 0 bridgehead atoms. The van der Waals surface area contributed by atoms with Crippen LogP contribution in [0.4, 0.5) is 5.69 Å². The number of halogens is 3. The summed E-state index contributed by atoms with van der Waals surface area (Å²) >= 11 is 19.2. The fourth-order valence-electron chi connectivity index (χ4n) is 3.76. The Hall–Kier alpha value is -3.34. The lowest BCUT2D eigenvalue weighted by molar-refractivity contribution is -0.117. The van der Waals surface area contributed by atoms with E-state index in [1.165, 1.54) is 12.1 Å². The number of nitrogens with zero attached hydrogens (tertiary/aromatic N) is 2. The molecule has 0 saturated heterocycles. The molecule has 33 heavy (non-hydrogen) atoms. The second-order valence-electron chi connectivity index (χ2n) is 7.50. The molecule has 1 spiro atoms. The smallest absolute Gasteiger partial charge is 0.362 e. The molecule has 0 atom stereocenters. The van der Waals surface area contributed by atoms with Crippen LogP contribution in [0, 0.1) is 0 Å². The minimum absolute atomic E-state index is 0.00659. The van der Waals surface area contributed by atoms with Crippen LogP contribution < -0.4 is 21.3 Å². The zero-order chi connectivity index (χ0) is 23.7. The van der Waals surface area contributed by atoms with Gasteiger partial charge < -0.3 is 15.2 Å². The van der Waals surface area contributed by atoms with Crippen LogP contribution in [-0.4, -0.2) is 31.7 Å². The van der Waals surface area contributed by atoms with E-state index in [1.54, 1.807) is 12.1 Å². The first-order chi connectivity index (χ1) is 15.6. The van der Waals surface area contributed by atoms with Crippen molar-refractivity contribution >= 4 is 52.4 Å². The number of carbonyl (C=O) groups excluding carboxylic acids is 1. The van der Waals surface area contributed by atoms with Crippen molar-refractivity contribution in [2.45, 2.75) is 18.3 Å². The first kappa shape index (κ1) is 21.5. The normalized spacial score (nSPS) is 15.3. The predicted octanol–water partition coefficient (Wildman–Crippen LogP) is 3.36. The quantitative estimate of drug-likeness (QED) is 0.489. The highest BCUT2D eigenvalue weighted by molar-refractivity contribution is 6.38. The average Bonchev–Trinajstić information content (AvgIpc) is 3.47. The number of aromatic nitrogens is 3. The molecule has 1 amide bonds. The van der Waals surface area contributed by atoms with Crippen molar-refractivity contribution in [1.29, 1.82) is 0 Å². The topological polar surface area (TPSA) is 143 Å². The molecule has 1 aromatic heterocycles. The molecule has 0 unspecified atom stereocenters. The van der Waals surface area contributed by atoms with E-state index in [9.17, 15) is 19.2 Å². The standard InChI is InChI=1S/C20H11Cl3N4O6/c21-8-5-7(27-19(32)25-16(28)14(26-27)17(29)30)6-9(22)15(8)33-11-2-1-10-12(13(11)23)20(3-4-20)18(31)24-10/h1-2,5-6H,3-4H2,(H,24,31)(H,29,30)(H,25,28,32). The molecule has 13 heteroatoms. The molecule has 2 aliphatic rings. The fourth-order valence-corrected chi connectivity index (χ4v) is 4.69. The summed E-state index contributed by atoms with van der Waals surface area (Å²) in [5.74, 6) is -1.48. The molecular formula is C20H11Cl3N4O6. The number of hydrogen-bond donors (Lipinski definition) is 3. The van der Waals surface area contributed by atoms with Gasteiger partial charge in [-0.05, 0) is 37.1 Å². The van der Waals surface area contributed by atoms with E-state index < -0.39 is 28.3 Å². The molecule has 3 aromatic rings. The van der Waals surface area contributed by atoms with Crippen molar-refractivity contribution in [3.63, 3.8) is 0 Å². The van der Waals surface area contributed by atoms with Crippen LogP contribution in [-0.2, 0) is 10.2 Å². The van der Waals surface area contributed by atoms with Gasteiger partial charge in [0, 0.05) is 11.3 Å². The van der Waals surface area contributed by atoms with Gasteiger partial charge >= 0.3 is 11.7 Å². The van der Waals surface area contributed by atoms with Crippen LogP contribution in [0.1, 0.15) is 28.9 Å². The van der Waals surface area contributed by atoms with Gasteiger partial charge in [-0.25, -0.2) is 9.59 Å². The third kappa shape index (κ3) is 3.29. The van der Waals surface area contributed by atoms with Crippen molar-refractivity contribution in [3.05, 3.63) is 71.4 Å². The number of rotatable bonds is 4. The summed E-state index contributed by atoms with van der Waals surface area (Å²) in [6, 6.07) is 5.76. The van der Waals surface area contributed by atoms with Crippen molar-refractivity contribution in [1.82, 2.24) is 14.8 Å². The molecule has 1 saturated carbocycles. The highest BCUT2D eigenvalue weighted by atomic mass is 35.5. The van der Waals surface area contributed by atoms with E-state index in [0.717, 1.165) is 0 Å². The summed E-state index contributed by atoms with van der Waals surface area (Å²) in [5, 5.41) is 15.6. The second-order valence-corrected chi connectivity index (χ2v) is 8.69. The molecule has 1 aliphatic carbocycles. The number of benzene rings is 2. The third-order valence-electron chi connectivity index (χ3n) is 5.49. The van der Waals surface area contributed by atoms with Gasteiger partial charge in [-0.1, -0.05) is 34.8 Å². The molecule has 3 N–H and O–H groups in total. The number of fused-ring (bicyclic) bond motifs is 2. The molecule has 0 radical (unpaired) electrons. The Morgan fingerprint density at radius 2 is 1.79 bits per heavy atom. The molecule has 2 heterocycles. The number of nitrogens with one attached hydrogen (secondary N) is 2. The SMILES string of the molecule is O=C(O)c1nn(-c2cc(Cl)c(Oc3ccc4c(c3Cl)C3(CC3)C(=O)N4)c(Cl)c2)c(=O)[nH]c1=O. The Morgan fingerprint density at radius 1 is 1.12 bits per heavy atom. The first-order valence-electron chi connectivity index (χ1n) is 9.41. The van der Waals surface area contributed by atoms with Crippen LogP contribution in [0.2, 0.25) is 15.1 Å². The lowest BCUT2D eigenvalue weighted by Crippen LogP contribution is -2.35. The van der Waals surface area contributed by atoms with Crippen molar-refractivity contribution in [2.24, 2.45) is 0 Å². The monoisotopic (exact) mass is 508 g/mol. The van der Waals surface area contributed by atoms with Crippen molar-refractivity contribution in [2.75, 3.05) is 5.32 Å². The summed E-state index contributed by atoms with van der Waals surface area (Å²) in [7, 11) is 0. The maximum atomic E-state index is 12.3. The molecule has 168 valence electrons. The number of ether oxygens (including phenoxy) is 1. The van der Waals surface area contributed by atoms with Crippen LogP contribution in [0.5, 0.6) is 11.5 Å². The van der Waals surface area contributed by atoms with E-state index in [0.29, 0.717) is 28.8 Å². The number of carbonyl (C=O) groups is 2. The van der Waals surface area contributed by atoms with E-state index in [4.69, 9.17) is 44.6 Å². The van der Waals surface area contributed by atoms with Gasteiger partial charge in [0.15, 0.2) is 5.75 Å². The van der Waals surface area contributed by atoms with E-state index in [-0.39, 0.29) is 38.2 Å². The highest BCUT2D eigenvalue weighted by Crippen LogP contribution is 2.59. The first-order valence-corrected chi connectivity index (χ1v) is 10.5. The zero-order valence-electron chi connectivity index (χ0n) is 16.2. The number of hydrogen-bond acceptors (Lipinski definition) is 6. The van der Waals surface area contributed by atoms with Gasteiger partial charge in [-0.2, -0.15) is 9.78 Å². The maximum Gasteiger partial charge on any atom is 0.362 e. The van der Waals surface area contributed by atoms with Gasteiger partial charge in [-0.15, -0.1) is 0 Å². The molecule has 5 rings (SSSR count). The molecule has 2 aromatic carbocycles. The molecule has 1 fully saturated rings. The minimum atomic E-state index is -1.62. The van der Waals surface area contributed by atoms with E-state index >= 15 is 0 Å². The number of carboxylic acids is 1. The molecule has 1 aliphatic heterocycles. The largest absolute Gasteiger partial charge is 0.476 e. The average molecular weight is 510 g/mol. The molecular weight excluding hydrogens is 499 g/mol. The summed E-state index contributed by atoms with van der Waals surface area (Å²) < 4.78 is 6.50. The lowest BCUT2D eigenvalue weighted by atomic mass is 9.97. The number of amides is 1. The minimum Gasteiger partial charge on any atom is -0.476 e. The predicted molar refractivity (Wildman–Crippen MR) is 119 cm³/mol. The maximum absolute atomic E-state index is 12.3. The number of aromatic carboxylic acids is 1. The third-order valence-corrected chi connectivity index (χ3v) is 6.42. The number of H-pyrrole nitrogens is 1. The second kappa shape index (κ2) is 7.34. The van der Waals surface area contributed by atoms with Gasteiger partial charge in [-0.3, -0.25) is 14.6 Å².